The minimum atomic E-state index is 0.434. The summed E-state index contributed by atoms with van der Waals surface area (Å²) in [5.74, 6) is 0.742. The molecule has 14 heavy (non-hydrogen) atoms. The molecule has 1 aromatic heterocycles. The lowest BCUT2D eigenvalue weighted by atomic mass is 10.1. The first-order valence-electron chi connectivity index (χ1n) is 4.05. The van der Waals surface area contributed by atoms with Crippen molar-refractivity contribution in [1.82, 2.24) is 9.97 Å². The molecule has 0 aliphatic heterocycles. The van der Waals surface area contributed by atoms with Crippen LogP contribution in [-0.4, -0.2) is 9.97 Å². The van der Waals surface area contributed by atoms with E-state index in [1.54, 1.807) is 12.1 Å². The molecule has 0 aliphatic carbocycles. The number of hydrogen-bond donors (Lipinski definition) is 1. The lowest BCUT2D eigenvalue weighted by molar-refractivity contribution is 1.17. The van der Waals surface area contributed by atoms with Crippen LogP contribution in [0.25, 0.3) is 11.0 Å². The first kappa shape index (κ1) is 8.28. The zero-order valence-electron chi connectivity index (χ0n) is 7.50. The van der Waals surface area contributed by atoms with Crippen LogP contribution in [0.2, 0.25) is 0 Å². The number of benzene rings is 1. The van der Waals surface area contributed by atoms with Crippen molar-refractivity contribution in [1.29, 1.82) is 10.5 Å². The molecule has 0 aliphatic rings. The Morgan fingerprint density at radius 1 is 1.29 bits per heavy atom. The number of aromatic amines is 1. The van der Waals surface area contributed by atoms with Gasteiger partial charge >= 0.3 is 0 Å². The maximum Gasteiger partial charge on any atom is 0.106 e. The molecule has 1 heterocycles. The highest BCUT2D eigenvalue weighted by atomic mass is 14.9. The first-order valence-corrected chi connectivity index (χ1v) is 4.05. The van der Waals surface area contributed by atoms with Crippen LogP contribution in [0.3, 0.4) is 0 Å². The maximum absolute atomic E-state index is 8.85. The number of H-pyrrole nitrogens is 1. The highest BCUT2D eigenvalue weighted by molar-refractivity contribution is 5.83. The van der Waals surface area contributed by atoms with Gasteiger partial charge in [0.15, 0.2) is 0 Å². The topological polar surface area (TPSA) is 76.3 Å². The molecule has 4 heteroatoms. The minimum absolute atomic E-state index is 0.434. The SMILES string of the molecule is Cc1nc2c(C#N)cc(C#N)cc2[nH]1. The van der Waals surface area contributed by atoms with E-state index >= 15 is 0 Å². The average Bonchev–Trinajstić information content (AvgIpc) is 2.56. The molecular weight excluding hydrogens is 176 g/mol. The van der Waals surface area contributed by atoms with Gasteiger partial charge in [0.05, 0.1) is 22.7 Å². The highest BCUT2D eigenvalue weighted by Gasteiger charge is 2.07. The van der Waals surface area contributed by atoms with Gasteiger partial charge in [0.25, 0.3) is 0 Å². The number of imidazole rings is 1. The van der Waals surface area contributed by atoms with Gasteiger partial charge in [0, 0.05) is 0 Å². The van der Waals surface area contributed by atoms with Gasteiger partial charge in [0.2, 0.25) is 0 Å². The molecule has 0 radical (unpaired) electrons. The Hall–Kier alpha value is -2.33. The number of nitriles is 2. The summed E-state index contributed by atoms with van der Waals surface area (Å²) >= 11 is 0. The summed E-state index contributed by atoms with van der Waals surface area (Å²) < 4.78 is 0. The zero-order valence-corrected chi connectivity index (χ0v) is 7.50. The van der Waals surface area contributed by atoms with Crippen LogP contribution in [-0.2, 0) is 0 Å². The van der Waals surface area contributed by atoms with E-state index < -0.39 is 0 Å². The Morgan fingerprint density at radius 2 is 2.07 bits per heavy atom. The molecule has 0 unspecified atom stereocenters. The molecule has 4 nitrogen and oxygen atoms in total. The molecule has 0 saturated carbocycles. The van der Waals surface area contributed by atoms with Gasteiger partial charge in [-0.2, -0.15) is 10.5 Å². The van der Waals surface area contributed by atoms with Crippen molar-refractivity contribution in [2.75, 3.05) is 0 Å². The monoisotopic (exact) mass is 182 g/mol. The summed E-state index contributed by atoms with van der Waals surface area (Å²) in [4.78, 5) is 7.17. The van der Waals surface area contributed by atoms with E-state index in [1.165, 1.54) is 0 Å². The number of fused-ring (bicyclic) bond motifs is 1. The van der Waals surface area contributed by atoms with E-state index in [-0.39, 0.29) is 0 Å². The van der Waals surface area contributed by atoms with Crippen LogP contribution in [0.1, 0.15) is 17.0 Å². The van der Waals surface area contributed by atoms with E-state index in [2.05, 4.69) is 9.97 Å². The molecule has 2 rings (SSSR count). The number of hydrogen-bond acceptors (Lipinski definition) is 3. The zero-order chi connectivity index (χ0) is 10.1. The van der Waals surface area contributed by atoms with Gasteiger partial charge in [0.1, 0.15) is 17.4 Å². The van der Waals surface area contributed by atoms with Crippen LogP contribution in [0.4, 0.5) is 0 Å². The molecule has 0 atom stereocenters. The Bertz CT molecular complexity index is 580. The number of nitrogens with zero attached hydrogens (tertiary/aromatic N) is 3. The number of aromatic nitrogens is 2. The molecule has 0 saturated heterocycles. The maximum atomic E-state index is 8.85. The normalized spacial score (nSPS) is 9.64. The van der Waals surface area contributed by atoms with Crippen molar-refractivity contribution in [3.63, 3.8) is 0 Å². The van der Waals surface area contributed by atoms with E-state index in [4.69, 9.17) is 10.5 Å². The third-order valence-corrected chi connectivity index (χ3v) is 1.95. The second-order valence-electron chi connectivity index (χ2n) is 2.97. The quantitative estimate of drug-likeness (QED) is 0.672. The molecule has 0 amide bonds. The van der Waals surface area contributed by atoms with E-state index in [0.717, 1.165) is 11.3 Å². The van der Waals surface area contributed by atoms with Crippen LogP contribution >= 0.6 is 0 Å². The fraction of sp³-hybridized carbons (Fsp3) is 0.100. The highest BCUT2D eigenvalue weighted by Crippen LogP contribution is 2.17. The fourth-order valence-corrected chi connectivity index (χ4v) is 1.39. The number of rotatable bonds is 0. The minimum Gasteiger partial charge on any atom is -0.342 e. The molecule has 66 valence electrons. The molecule has 1 N–H and O–H groups in total. The van der Waals surface area contributed by atoms with Crippen LogP contribution < -0.4 is 0 Å². The predicted octanol–water partition coefficient (Wildman–Crippen LogP) is 1.61. The van der Waals surface area contributed by atoms with Crippen LogP contribution in [0.15, 0.2) is 12.1 Å². The van der Waals surface area contributed by atoms with Crippen molar-refractivity contribution in [2.45, 2.75) is 6.92 Å². The third kappa shape index (κ3) is 1.10. The van der Waals surface area contributed by atoms with Crippen molar-refractivity contribution >= 4 is 11.0 Å². The molecule has 2 aromatic rings. The Kier molecular flexibility index (Phi) is 1.69. The predicted molar refractivity (Wildman–Crippen MR) is 50.3 cm³/mol. The van der Waals surface area contributed by atoms with Gasteiger partial charge in [-0.1, -0.05) is 0 Å². The van der Waals surface area contributed by atoms with Crippen molar-refractivity contribution in [2.24, 2.45) is 0 Å². The van der Waals surface area contributed by atoms with E-state index in [9.17, 15) is 0 Å². The summed E-state index contributed by atoms with van der Waals surface area (Å²) in [6.45, 7) is 1.81. The van der Waals surface area contributed by atoms with Gasteiger partial charge < -0.3 is 4.98 Å². The van der Waals surface area contributed by atoms with Gasteiger partial charge in [-0.3, -0.25) is 0 Å². The largest absolute Gasteiger partial charge is 0.342 e. The van der Waals surface area contributed by atoms with Crippen LogP contribution in [0, 0.1) is 29.6 Å². The van der Waals surface area contributed by atoms with Crippen molar-refractivity contribution in [3.8, 4) is 12.1 Å². The average molecular weight is 182 g/mol. The lowest BCUT2D eigenvalue weighted by Gasteiger charge is -1.92. The molecular formula is C10H6N4. The summed E-state index contributed by atoms with van der Waals surface area (Å²) in [6.07, 6.45) is 0. The van der Waals surface area contributed by atoms with Gasteiger partial charge in [-0.25, -0.2) is 4.98 Å². The summed E-state index contributed by atoms with van der Waals surface area (Å²) in [5, 5.41) is 17.6. The smallest absolute Gasteiger partial charge is 0.106 e. The van der Waals surface area contributed by atoms with Gasteiger partial charge in [-0.05, 0) is 19.1 Å². The molecule has 0 fully saturated rings. The standard InChI is InChI=1S/C10H6N4/c1-6-13-9-3-7(4-11)2-8(5-12)10(9)14-6/h2-3H,1H3,(H,13,14). The molecule has 0 spiro atoms. The van der Waals surface area contributed by atoms with E-state index in [0.29, 0.717) is 16.6 Å². The van der Waals surface area contributed by atoms with E-state index in [1.807, 2.05) is 19.1 Å². The fourth-order valence-electron chi connectivity index (χ4n) is 1.39. The lowest BCUT2D eigenvalue weighted by Crippen LogP contribution is -1.82. The van der Waals surface area contributed by atoms with Crippen LogP contribution in [0.5, 0.6) is 0 Å². The summed E-state index contributed by atoms with van der Waals surface area (Å²) in [7, 11) is 0. The Balaban J connectivity index is 2.89. The third-order valence-electron chi connectivity index (χ3n) is 1.95. The number of nitrogens with one attached hydrogen (secondary N) is 1. The molecule has 0 bridgehead atoms. The summed E-state index contributed by atoms with van der Waals surface area (Å²) in [5.41, 5.74) is 2.27. The summed E-state index contributed by atoms with van der Waals surface area (Å²) in [6, 6.07) is 7.26. The second kappa shape index (κ2) is 2.86. The molecule has 1 aromatic carbocycles. The first-order chi connectivity index (χ1) is 6.74. The van der Waals surface area contributed by atoms with Crippen molar-refractivity contribution in [3.05, 3.63) is 29.1 Å². The number of aryl methyl sites for hydroxylation is 1. The van der Waals surface area contributed by atoms with Crippen molar-refractivity contribution < 1.29 is 0 Å². The Morgan fingerprint density at radius 3 is 2.71 bits per heavy atom. The van der Waals surface area contributed by atoms with Gasteiger partial charge in [-0.15, -0.1) is 0 Å². The second-order valence-corrected chi connectivity index (χ2v) is 2.97. The Labute approximate surface area is 80.4 Å².